The Labute approximate surface area is 143 Å². The van der Waals surface area contributed by atoms with Gasteiger partial charge in [0.05, 0.1) is 6.54 Å². The van der Waals surface area contributed by atoms with Gasteiger partial charge in [0.15, 0.2) is 0 Å². The van der Waals surface area contributed by atoms with E-state index >= 15 is 0 Å². The van der Waals surface area contributed by atoms with Gasteiger partial charge in [-0.2, -0.15) is 0 Å². The van der Waals surface area contributed by atoms with E-state index in [1.807, 2.05) is 6.92 Å². The van der Waals surface area contributed by atoms with Crippen LogP contribution in [0.4, 0.5) is 0 Å². The number of carbonyl (C=O) groups excluding carboxylic acids is 1. The van der Waals surface area contributed by atoms with Crippen molar-refractivity contribution in [3.8, 4) is 0 Å². The van der Waals surface area contributed by atoms with Crippen molar-refractivity contribution in [1.29, 1.82) is 0 Å². The number of nitrogens with zero attached hydrogens (tertiary/aromatic N) is 3. The minimum atomic E-state index is 0. The molecule has 22 heavy (non-hydrogen) atoms. The number of rotatable bonds is 4. The van der Waals surface area contributed by atoms with Gasteiger partial charge in [0.1, 0.15) is 5.01 Å². The van der Waals surface area contributed by atoms with Gasteiger partial charge in [0, 0.05) is 43.7 Å². The summed E-state index contributed by atoms with van der Waals surface area (Å²) in [6.07, 6.45) is 5.94. The fourth-order valence-electron chi connectivity index (χ4n) is 3.41. The Morgan fingerprint density at radius 3 is 2.55 bits per heavy atom. The summed E-state index contributed by atoms with van der Waals surface area (Å²) in [7, 11) is 0. The Balaban J connectivity index is 0.00000176. The highest BCUT2D eigenvalue weighted by molar-refractivity contribution is 7.09. The summed E-state index contributed by atoms with van der Waals surface area (Å²) in [6, 6.07) is 0. The summed E-state index contributed by atoms with van der Waals surface area (Å²) in [5.74, 6) is 1.04. The molecule has 1 aliphatic heterocycles. The van der Waals surface area contributed by atoms with Crippen molar-refractivity contribution in [1.82, 2.24) is 14.8 Å². The average molecular weight is 344 g/mol. The van der Waals surface area contributed by atoms with E-state index in [0.717, 1.165) is 44.8 Å². The first-order chi connectivity index (χ1) is 10.2. The van der Waals surface area contributed by atoms with Crippen LogP contribution in [0, 0.1) is 12.8 Å². The first kappa shape index (κ1) is 17.7. The zero-order chi connectivity index (χ0) is 14.7. The summed E-state index contributed by atoms with van der Waals surface area (Å²) in [6.45, 7) is 6.71. The normalized spacial score (nSPS) is 20.1. The molecule has 1 saturated heterocycles. The first-order valence-corrected chi connectivity index (χ1v) is 9.00. The summed E-state index contributed by atoms with van der Waals surface area (Å²) >= 11 is 1.74. The SMILES string of the molecule is Cc1csc(CN2CCN(C(=O)CC3CCCC3)CC2)n1.Cl. The molecular weight excluding hydrogens is 318 g/mol. The van der Waals surface area contributed by atoms with Crippen LogP contribution in [0.2, 0.25) is 0 Å². The lowest BCUT2D eigenvalue weighted by molar-refractivity contribution is -0.134. The Morgan fingerprint density at radius 2 is 1.95 bits per heavy atom. The molecule has 1 amide bonds. The fraction of sp³-hybridized carbons (Fsp3) is 0.750. The molecule has 1 aliphatic carbocycles. The van der Waals surface area contributed by atoms with Gasteiger partial charge in [-0.15, -0.1) is 23.7 Å². The molecule has 0 atom stereocenters. The van der Waals surface area contributed by atoms with Gasteiger partial charge in [-0.3, -0.25) is 9.69 Å². The molecule has 0 bridgehead atoms. The number of hydrogen-bond acceptors (Lipinski definition) is 4. The van der Waals surface area contributed by atoms with Crippen molar-refractivity contribution in [2.45, 2.75) is 45.6 Å². The van der Waals surface area contributed by atoms with E-state index in [1.54, 1.807) is 11.3 Å². The maximum absolute atomic E-state index is 12.3. The van der Waals surface area contributed by atoms with Crippen LogP contribution in [0.1, 0.15) is 42.8 Å². The Morgan fingerprint density at radius 1 is 1.27 bits per heavy atom. The number of carbonyl (C=O) groups is 1. The van der Waals surface area contributed by atoms with Gasteiger partial charge in [0.2, 0.25) is 5.91 Å². The molecule has 6 heteroatoms. The minimum absolute atomic E-state index is 0. The molecule has 1 aromatic rings. The molecule has 0 aromatic carbocycles. The molecule has 3 rings (SSSR count). The molecule has 2 fully saturated rings. The molecule has 0 radical (unpaired) electrons. The van der Waals surface area contributed by atoms with E-state index in [-0.39, 0.29) is 12.4 Å². The van der Waals surface area contributed by atoms with Gasteiger partial charge < -0.3 is 4.90 Å². The van der Waals surface area contributed by atoms with E-state index in [9.17, 15) is 4.79 Å². The quantitative estimate of drug-likeness (QED) is 0.842. The molecule has 0 N–H and O–H groups in total. The Bertz CT molecular complexity index is 479. The van der Waals surface area contributed by atoms with Crippen LogP contribution in [0.3, 0.4) is 0 Å². The van der Waals surface area contributed by atoms with Gasteiger partial charge in [-0.25, -0.2) is 4.98 Å². The molecule has 4 nitrogen and oxygen atoms in total. The second kappa shape index (κ2) is 8.27. The number of piperazine rings is 1. The smallest absolute Gasteiger partial charge is 0.222 e. The van der Waals surface area contributed by atoms with Crippen LogP contribution < -0.4 is 0 Å². The van der Waals surface area contributed by atoms with E-state index in [4.69, 9.17) is 0 Å². The van der Waals surface area contributed by atoms with Crippen LogP contribution in [0.25, 0.3) is 0 Å². The maximum Gasteiger partial charge on any atom is 0.222 e. The minimum Gasteiger partial charge on any atom is -0.340 e. The van der Waals surface area contributed by atoms with Crippen LogP contribution in [-0.2, 0) is 11.3 Å². The third-order valence-corrected chi connectivity index (χ3v) is 5.64. The predicted molar refractivity (Wildman–Crippen MR) is 92.5 cm³/mol. The number of halogens is 1. The summed E-state index contributed by atoms with van der Waals surface area (Å²) in [5, 5.41) is 3.30. The highest BCUT2D eigenvalue weighted by Crippen LogP contribution is 2.28. The van der Waals surface area contributed by atoms with E-state index in [2.05, 4.69) is 20.2 Å². The van der Waals surface area contributed by atoms with Gasteiger partial charge >= 0.3 is 0 Å². The highest BCUT2D eigenvalue weighted by atomic mass is 35.5. The van der Waals surface area contributed by atoms with E-state index < -0.39 is 0 Å². The predicted octanol–water partition coefficient (Wildman–Crippen LogP) is 3.10. The van der Waals surface area contributed by atoms with Crippen molar-refractivity contribution in [3.05, 3.63) is 16.1 Å². The second-order valence-electron chi connectivity index (χ2n) is 6.39. The van der Waals surface area contributed by atoms with Crippen molar-refractivity contribution < 1.29 is 4.79 Å². The summed E-state index contributed by atoms with van der Waals surface area (Å²) < 4.78 is 0. The standard InChI is InChI=1S/C16H25N3OS.ClH/c1-13-12-21-15(17-13)11-18-6-8-19(9-7-18)16(20)10-14-4-2-3-5-14;/h12,14H,2-11H2,1H3;1H. The van der Waals surface area contributed by atoms with Crippen molar-refractivity contribution >= 4 is 29.7 Å². The molecular formula is C16H26ClN3OS. The van der Waals surface area contributed by atoms with Gasteiger partial charge in [-0.1, -0.05) is 12.8 Å². The summed E-state index contributed by atoms with van der Waals surface area (Å²) in [4.78, 5) is 21.3. The zero-order valence-corrected chi connectivity index (χ0v) is 14.9. The third-order valence-electron chi connectivity index (χ3n) is 4.69. The maximum atomic E-state index is 12.3. The van der Waals surface area contributed by atoms with Gasteiger partial charge in [0.25, 0.3) is 0 Å². The van der Waals surface area contributed by atoms with E-state index in [1.165, 1.54) is 30.7 Å². The molecule has 1 aromatic heterocycles. The molecule has 0 spiro atoms. The molecule has 2 aliphatic rings. The van der Waals surface area contributed by atoms with E-state index in [0.29, 0.717) is 11.8 Å². The van der Waals surface area contributed by atoms with Crippen LogP contribution in [0.15, 0.2) is 5.38 Å². The molecule has 2 heterocycles. The lowest BCUT2D eigenvalue weighted by atomic mass is 10.0. The Hall–Kier alpha value is -0.650. The molecule has 0 unspecified atom stereocenters. The van der Waals surface area contributed by atoms with Crippen molar-refractivity contribution in [3.63, 3.8) is 0 Å². The number of aryl methyl sites for hydroxylation is 1. The highest BCUT2D eigenvalue weighted by Gasteiger charge is 2.25. The van der Waals surface area contributed by atoms with Crippen LogP contribution in [-0.4, -0.2) is 46.9 Å². The average Bonchev–Trinajstić information content (AvgIpc) is 3.12. The zero-order valence-electron chi connectivity index (χ0n) is 13.3. The monoisotopic (exact) mass is 343 g/mol. The Kier molecular flexibility index (Phi) is 6.66. The first-order valence-electron chi connectivity index (χ1n) is 8.12. The van der Waals surface area contributed by atoms with Crippen molar-refractivity contribution in [2.75, 3.05) is 26.2 Å². The van der Waals surface area contributed by atoms with Crippen LogP contribution >= 0.6 is 23.7 Å². The number of hydrogen-bond donors (Lipinski definition) is 0. The fourth-order valence-corrected chi connectivity index (χ4v) is 4.23. The van der Waals surface area contributed by atoms with Gasteiger partial charge in [-0.05, 0) is 25.7 Å². The second-order valence-corrected chi connectivity index (χ2v) is 7.34. The lowest BCUT2D eigenvalue weighted by Crippen LogP contribution is -2.48. The topological polar surface area (TPSA) is 36.4 Å². The third kappa shape index (κ3) is 4.67. The summed E-state index contributed by atoms with van der Waals surface area (Å²) in [5.41, 5.74) is 1.11. The number of thiazole rings is 1. The van der Waals surface area contributed by atoms with Crippen molar-refractivity contribution in [2.24, 2.45) is 5.92 Å². The molecule has 124 valence electrons. The lowest BCUT2D eigenvalue weighted by Gasteiger charge is -2.34. The van der Waals surface area contributed by atoms with Crippen LogP contribution in [0.5, 0.6) is 0 Å². The number of aromatic nitrogens is 1. The number of amides is 1. The largest absolute Gasteiger partial charge is 0.340 e. The molecule has 1 saturated carbocycles.